The maximum atomic E-state index is 13.8. The quantitative estimate of drug-likeness (QED) is 0.0771. The molecule has 12 nitrogen and oxygen atoms in total. The number of allylic oxidation sites excluding steroid dienone is 5. The molecule has 0 saturated carbocycles. The summed E-state index contributed by atoms with van der Waals surface area (Å²) in [5.74, 6) is -0.153. The first-order valence-corrected chi connectivity index (χ1v) is 16.2. The second kappa shape index (κ2) is 12.6. The zero-order valence-electron chi connectivity index (χ0n) is 25.3. The summed E-state index contributed by atoms with van der Waals surface area (Å²) in [4.78, 5) is 25.0. The van der Waals surface area contributed by atoms with E-state index in [9.17, 15) is 39.2 Å². The van der Waals surface area contributed by atoms with E-state index in [2.05, 4.69) is 4.98 Å². The highest BCUT2D eigenvalue weighted by atomic mass is 32.2. The van der Waals surface area contributed by atoms with Gasteiger partial charge in [0.05, 0.1) is 31.7 Å². The number of nitrogens with zero attached hydrogens (tertiary/aromatic N) is 5. The van der Waals surface area contributed by atoms with Gasteiger partial charge < -0.3 is 4.18 Å². The Hall–Kier alpha value is -5.70. The molecule has 1 aromatic heterocycles. The Morgan fingerprint density at radius 1 is 1.02 bits per heavy atom. The first-order chi connectivity index (χ1) is 22.2. The number of para-hydroxylation sites is 1. The third-order valence-electron chi connectivity index (χ3n) is 7.33. The summed E-state index contributed by atoms with van der Waals surface area (Å²) >= 11 is 1.30. The van der Waals surface area contributed by atoms with Gasteiger partial charge in [-0.15, -0.1) is 11.3 Å². The third-order valence-corrected chi connectivity index (χ3v) is 9.67. The Morgan fingerprint density at radius 3 is 2.40 bits per heavy atom. The van der Waals surface area contributed by atoms with Crippen LogP contribution >= 0.6 is 11.3 Å². The van der Waals surface area contributed by atoms with E-state index in [0.717, 1.165) is 28.0 Å². The Balaban J connectivity index is 1.70. The van der Waals surface area contributed by atoms with Gasteiger partial charge in [-0.1, -0.05) is 44.2 Å². The maximum Gasteiger partial charge on any atom is 0.346 e. The van der Waals surface area contributed by atoms with Crippen LogP contribution in [0.5, 0.6) is 5.75 Å². The number of nitro groups is 2. The van der Waals surface area contributed by atoms with Gasteiger partial charge in [0.2, 0.25) is 0 Å². The molecule has 3 aromatic carbocycles. The van der Waals surface area contributed by atoms with Gasteiger partial charge in [-0.05, 0) is 72.2 Å². The smallest absolute Gasteiger partial charge is 0.346 e. The molecular weight excluding hydrogens is 643 g/mol. The average Bonchev–Trinajstić information content (AvgIpc) is 3.44. The fourth-order valence-corrected chi connectivity index (χ4v) is 7.48. The highest BCUT2D eigenvalue weighted by molar-refractivity contribution is 7.87. The van der Waals surface area contributed by atoms with Crippen molar-refractivity contribution in [2.45, 2.75) is 38.5 Å². The SMILES string of the molecule is Cc1cc(/C=C/C2=CC(=C(C#N)C#N)CC(C)(C)C2)c(OS(=O)(=O)c2ccc([N+](=O)[O-])cc2[N+](=O)[O-])c(-c2nc3ccccc3s2)c1. The number of aromatic nitrogens is 1. The van der Waals surface area contributed by atoms with E-state index in [4.69, 9.17) is 4.18 Å². The first-order valence-electron chi connectivity index (χ1n) is 14.0. The third kappa shape index (κ3) is 6.94. The Kier molecular flexibility index (Phi) is 8.76. The first kappa shape index (κ1) is 32.7. The predicted molar refractivity (Wildman–Crippen MR) is 176 cm³/mol. The lowest BCUT2D eigenvalue weighted by molar-refractivity contribution is -0.396. The molecule has 0 saturated heterocycles. The average molecular weight is 668 g/mol. The molecule has 0 fully saturated rings. The van der Waals surface area contributed by atoms with Crippen molar-refractivity contribution in [3.63, 3.8) is 0 Å². The molecule has 0 bridgehead atoms. The van der Waals surface area contributed by atoms with Gasteiger partial charge in [-0.3, -0.25) is 20.2 Å². The van der Waals surface area contributed by atoms with Crippen molar-refractivity contribution in [1.29, 1.82) is 10.5 Å². The predicted octanol–water partition coefficient (Wildman–Crippen LogP) is 7.96. The Labute approximate surface area is 273 Å². The van der Waals surface area contributed by atoms with Crippen LogP contribution in [-0.2, 0) is 10.1 Å². The number of benzene rings is 3. The number of hydrogen-bond acceptors (Lipinski definition) is 11. The number of aryl methyl sites for hydroxylation is 1. The van der Waals surface area contributed by atoms with E-state index in [1.54, 1.807) is 30.4 Å². The molecular formula is C33H25N5O7S2. The Bertz CT molecular complexity index is 2220. The molecule has 0 radical (unpaired) electrons. The van der Waals surface area contributed by atoms with Crippen molar-refractivity contribution in [3.8, 4) is 28.5 Å². The number of fused-ring (bicyclic) bond motifs is 1. The number of hydrogen-bond donors (Lipinski definition) is 0. The zero-order chi connectivity index (χ0) is 34.1. The van der Waals surface area contributed by atoms with Gasteiger partial charge in [0.25, 0.3) is 11.4 Å². The molecule has 0 spiro atoms. The van der Waals surface area contributed by atoms with Crippen molar-refractivity contribution in [2.24, 2.45) is 5.41 Å². The molecule has 0 aliphatic heterocycles. The van der Waals surface area contributed by atoms with Crippen LogP contribution in [0.2, 0.25) is 0 Å². The van der Waals surface area contributed by atoms with Gasteiger partial charge in [0.1, 0.15) is 22.7 Å². The van der Waals surface area contributed by atoms with Crippen molar-refractivity contribution in [3.05, 3.63) is 115 Å². The number of thiazole rings is 1. The van der Waals surface area contributed by atoms with Gasteiger partial charge >= 0.3 is 10.1 Å². The lowest BCUT2D eigenvalue weighted by Gasteiger charge is -2.30. The summed E-state index contributed by atoms with van der Waals surface area (Å²) in [5.41, 5.74) is 1.47. The van der Waals surface area contributed by atoms with Crippen LogP contribution in [0.4, 0.5) is 11.4 Å². The van der Waals surface area contributed by atoms with Gasteiger partial charge in [0.15, 0.2) is 10.6 Å². The fraction of sp³-hybridized carbons (Fsp3) is 0.182. The molecule has 1 aliphatic carbocycles. The summed E-state index contributed by atoms with van der Waals surface area (Å²) in [7, 11) is -4.93. The summed E-state index contributed by atoms with van der Waals surface area (Å²) in [6, 6.07) is 16.8. The lowest BCUT2D eigenvalue weighted by Crippen LogP contribution is -2.17. The van der Waals surface area contributed by atoms with E-state index >= 15 is 0 Å². The van der Waals surface area contributed by atoms with Crippen LogP contribution in [0.25, 0.3) is 26.9 Å². The van der Waals surface area contributed by atoms with E-state index in [-0.39, 0.29) is 16.7 Å². The van der Waals surface area contributed by atoms with Crippen LogP contribution in [0.15, 0.2) is 88.4 Å². The monoisotopic (exact) mass is 667 g/mol. The van der Waals surface area contributed by atoms with Crippen molar-refractivity contribution < 1.29 is 22.4 Å². The number of nitriles is 2. The summed E-state index contributed by atoms with van der Waals surface area (Å²) in [6.45, 7) is 5.83. The van der Waals surface area contributed by atoms with Crippen molar-refractivity contribution in [2.75, 3.05) is 0 Å². The molecule has 47 heavy (non-hydrogen) atoms. The molecule has 1 heterocycles. The standard InChI is InChI=1S/C33H25N5O7S2/c1-20-12-22(9-8-21-14-23(24(18-34)19-35)17-33(2,3)16-21)31(26(13-20)32-36-27-6-4-5-7-29(27)46-32)45-47(43,44)30-11-10-25(37(39)40)15-28(30)38(41)42/h4-15H,16-17H2,1-3H3/b9-8+. The molecule has 0 atom stereocenters. The molecule has 14 heteroatoms. The molecule has 0 N–H and O–H groups in total. The molecule has 1 aliphatic rings. The fourth-order valence-electron chi connectivity index (χ4n) is 5.38. The van der Waals surface area contributed by atoms with Crippen LogP contribution in [0.1, 0.15) is 37.8 Å². The van der Waals surface area contributed by atoms with E-state index in [1.165, 1.54) is 11.3 Å². The summed E-state index contributed by atoms with van der Waals surface area (Å²) in [5, 5.41) is 42.5. The molecule has 5 rings (SSSR count). The van der Waals surface area contributed by atoms with E-state index < -0.39 is 36.2 Å². The van der Waals surface area contributed by atoms with Gasteiger partial charge in [-0.2, -0.15) is 18.9 Å². The minimum atomic E-state index is -4.93. The highest BCUT2D eigenvalue weighted by Crippen LogP contribution is 2.43. The largest absolute Gasteiger partial charge is 0.377 e. The highest BCUT2D eigenvalue weighted by Gasteiger charge is 2.32. The lowest BCUT2D eigenvalue weighted by atomic mass is 9.74. The number of non-ortho nitro benzene ring substituents is 1. The second-order valence-corrected chi connectivity index (χ2v) is 14.2. The molecule has 0 amide bonds. The normalized spacial score (nSPS) is 14.3. The maximum absolute atomic E-state index is 13.8. The van der Waals surface area contributed by atoms with E-state index in [0.29, 0.717) is 46.1 Å². The number of rotatable bonds is 8. The summed E-state index contributed by atoms with van der Waals surface area (Å²) < 4.78 is 34.1. The van der Waals surface area contributed by atoms with Crippen molar-refractivity contribution >= 4 is 49.1 Å². The van der Waals surface area contributed by atoms with Crippen LogP contribution in [-0.4, -0.2) is 23.2 Å². The minimum absolute atomic E-state index is 0.0113. The topological polar surface area (TPSA) is 190 Å². The number of nitro benzene ring substituents is 2. The molecule has 4 aromatic rings. The van der Waals surface area contributed by atoms with Gasteiger partial charge in [-0.25, -0.2) is 4.98 Å². The Morgan fingerprint density at radius 2 is 1.74 bits per heavy atom. The second-order valence-electron chi connectivity index (χ2n) is 11.6. The van der Waals surface area contributed by atoms with Crippen LogP contribution in [0, 0.1) is 55.2 Å². The summed E-state index contributed by atoms with van der Waals surface area (Å²) in [6.07, 6.45) is 6.27. The minimum Gasteiger partial charge on any atom is -0.377 e. The van der Waals surface area contributed by atoms with Crippen LogP contribution < -0.4 is 4.18 Å². The molecule has 236 valence electrons. The molecule has 0 unspecified atom stereocenters. The van der Waals surface area contributed by atoms with Gasteiger partial charge in [0, 0.05) is 11.6 Å². The van der Waals surface area contributed by atoms with E-state index in [1.807, 2.05) is 57.2 Å². The zero-order valence-corrected chi connectivity index (χ0v) is 26.9. The van der Waals surface area contributed by atoms with Crippen molar-refractivity contribution in [1.82, 2.24) is 4.98 Å². The van der Waals surface area contributed by atoms with Crippen LogP contribution in [0.3, 0.4) is 0 Å².